The van der Waals surface area contributed by atoms with Gasteiger partial charge in [-0.1, -0.05) is 42.5 Å². The Labute approximate surface area is 190 Å². The zero-order valence-electron chi connectivity index (χ0n) is 18.8. The first-order valence-corrected chi connectivity index (χ1v) is 11.8. The molecule has 5 rings (SSSR count). The number of benzene rings is 2. The summed E-state index contributed by atoms with van der Waals surface area (Å²) in [6.45, 7) is 6.19. The summed E-state index contributed by atoms with van der Waals surface area (Å²) in [5, 5.41) is 0. The number of pyridine rings is 1. The normalized spacial score (nSPS) is 18.5. The van der Waals surface area contributed by atoms with Gasteiger partial charge in [0.1, 0.15) is 0 Å². The fourth-order valence-corrected chi connectivity index (χ4v) is 5.04. The third kappa shape index (κ3) is 4.46. The summed E-state index contributed by atoms with van der Waals surface area (Å²) in [5.74, 6) is 0.0843. The van der Waals surface area contributed by atoms with Crippen molar-refractivity contribution in [2.24, 2.45) is 0 Å². The van der Waals surface area contributed by atoms with E-state index in [-0.39, 0.29) is 5.91 Å². The Morgan fingerprint density at radius 1 is 0.969 bits per heavy atom. The lowest BCUT2D eigenvalue weighted by molar-refractivity contribution is 0.0734. The fourth-order valence-electron chi connectivity index (χ4n) is 5.04. The van der Waals surface area contributed by atoms with Crippen LogP contribution in [0.5, 0.6) is 0 Å². The molecular weight excluding hydrogens is 394 g/mol. The van der Waals surface area contributed by atoms with Crippen LogP contribution in [-0.4, -0.2) is 46.4 Å². The summed E-state index contributed by atoms with van der Waals surface area (Å²) in [5.41, 5.74) is 7.25. The topological polar surface area (TPSA) is 36.4 Å². The molecule has 32 heavy (non-hydrogen) atoms. The van der Waals surface area contributed by atoms with E-state index >= 15 is 0 Å². The van der Waals surface area contributed by atoms with Crippen LogP contribution in [0.2, 0.25) is 0 Å². The zero-order chi connectivity index (χ0) is 21.9. The van der Waals surface area contributed by atoms with Crippen LogP contribution in [0.25, 0.3) is 11.1 Å². The fraction of sp³-hybridized carbons (Fsp3) is 0.357. The molecule has 1 saturated heterocycles. The van der Waals surface area contributed by atoms with Gasteiger partial charge >= 0.3 is 0 Å². The van der Waals surface area contributed by atoms with Crippen molar-refractivity contribution in [2.75, 3.05) is 19.6 Å². The summed E-state index contributed by atoms with van der Waals surface area (Å²) >= 11 is 0. The van der Waals surface area contributed by atoms with Crippen molar-refractivity contribution in [1.29, 1.82) is 0 Å². The van der Waals surface area contributed by atoms with Crippen molar-refractivity contribution in [1.82, 2.24) is 14.8 Å². The predicted octanol–water partition coefficient (Wildman–Crippen LogP) is 4.97. The first-order valence-electron chi connectivity index (χ1n) is 11.8. The highest BCUT2D eigenvalue weighted by atomic mass is 16.2. The minimum absolute atomic E-state index is 0.0843. The van der Waals surface area contributed by atoms with Gasteiger partial charge in [-0.25, -0.2) is 0 Å². The van der Waals surface area contributed by atoms with Gasteiger partial charge in [0, 0.05) is 43.6 Å². The Balaban J connectivity index is 1.24. The summed E-state index contributed by atoms with van der Waals surface area (Å²) in [6, 6.07) is 20.1. The maximum absolute atomic E-state index is 12.8. The first kappa shape index (κ1) is 20.9. The SMILES string of the molecule is C[C@@H]1CCCN1CCc1ccc(-c2ccc3c(c2)CCN(C(=O)c2ccncc2)C3)cc1. The van der Waals surface area contributed by atoms with E-state index in [0.717, 1.165) is 32.0 Å². The number of fused-ring (bicyclic) bond motifs is 1. The molecule has 0 N–H and O–H groups in total. The van der Waals surface area contributed by atoms with Crippen molar-refractivity contribution in [3.05, 3.63) is 89.2 Å². The summed E-state index contributed by atoms with van der Waals surface area (Å²) < 4.78 is 0. The van der Waals surface area contributed by atoms with Crippen molar-refractivity contribution in [3.63, 3.8) is 0 Å². The Kier molecular flexibility index (Phi) is 6.04. The zero-order valence-corrected chi connectivity index (χ0v) is 18.8. The summed E-state index contributed by atoms with van der Waals surface area (Å²) in [4.78, 5) is 21.3. The van der Waals surface area contributed by atoms with Gasteiger partial charge in [-0.15, -0.1) is 0 Å². The molecule has 1 amide bonds. The highest BCUT2D eigenvalue weighted by Gasteiger charge is 2.22. The number of amides is 1. The second kappa shape index (κ2) is 9.25. The minimum atomic E-state index is 0.0843. The van der Waals surface area contributed by atoms with Crippen LogP contribution < -0.4 is 0 Å². The van der Waals surface area contributed by atoms with Crippen LogP contribution in [0.3, 0.4) is 0 Å². The van der Waals surface area contributed by atoms with Gasteiger partial charge in [0.25, 0.3) is 5.91 Å². The molecule has 0 aliphatic carbocycles. The number of rotatable bonds is 5. The quantitative estimate of drug-likeness (QED) is 0.579. The second-order valence-corrected chi connectivity index (χ2v) is 9.17. The third-order valence-corrected chi connectivity index (χ3v) is 7.10. The molecule has 4 nitrogen and oxygen atoms in total. The largest absolute Gasteiger partial charge is 0.334 e. The van der Waals surface area contributed by atoms with Gasteiger partial charge < -0.3 is 9.80 Å². The minimum Gasteiger partial charge on any atom is -0.334 e. The highest BCUT2D eigenvalue weighted by Crippen LogP contribution is 2.27. The molecule has 1 atom stereocenters. The molecule has 3 heterocycles. The van der Waals surface area contributed by atoms with E-state index in [2.05, 4.69) is 59.3 Å². The van der Waals surface area contributed by atoms with Crippen molar-refractivity contribution in [2.45, 2.75) is 45.2 Å². The molecule has 1 fully saturated rings. The summed E-state index contributed by atoms with van der Waals surface area (Å²) in [7, 11) is 0. The molecule has 0 saturated carbocycles. The maximum atomic E-state index is 12.8. The molecule has 164 valence electrons. The van der Waals surface area contributed by atoms with Crippen LogP contribution in [0.4, 0.5) is 0 Å². The van der Waals surface area contributed by atoms with Crippen LogP contribution in [0, 0.1) is 0 Å². The van der Waals surface area contributed by atoms with E-state index in [0.29, 0.717) is 12.1 Å². The van der Waals surface area contributed by atoms with E-state index in [4.69, 9.17) is 0 Å². The van der Waals surface area contributed by atoms with Crippen molar-refractivity contribution < 1.29 is 4.79 Å². The number of hydrogen-bond acceptors (Lipinski definition) is 3. The number of aromatic nitrogens is 1. The molecule has 2 aliphatic rings. The second-order valence-electron chi connectivity index (χ2n) is 9.17. The van der Waals surface area contributed by atoms with E-state index in [9.17, 15) is 4.79 Å². The average Bonchev–Trinajstić information content (AvgIpc) is 3.27. The molecule has 2 aromatic carbocycles. The van der Waals surface area contributed by atoms with Crippen LogP contribution in [0.1, 0.15) is 46.8 Å². The number of nitrogens with zero attached hydrogens (tertiary/aromatic N) is 3. The number of likely N-dealkylation sites (tertiary alicyclic amines) is 1. The molecule has 3 aromatic rings. The van der Waals surface area contributed by atoms with E-state index in [1.54, 1.807) is 24.5 Å². The maximum Gasteiger partial charge on any atom is 0.254 e. The third-order valence-electron chi connectivity index (χ3n) is 7.10. The van der Waals surface area contributed by atoms with Crippen molar-refractivity contribution >= 4 is 5.91 Å². The number of hydrogen-bond donors (Lipinski definition) is 0. The molecule has 0 unspecified atom stereocenters. The van der Waals surface area contributed by atoms with Crippen molar-refractivity contribution in [3.8, 4) is 11.1 Å². The molecule has 1 aromatic heterocycles. The Bertz CT molecular complexity index is 1080. The van der Waals surface area contributed by atoms with E-state index in [1.165, 1.54) is 47.2 Å². The molecule has 4 heteroatoms. The summed E-state index contributed by atoms with van der Waals surface area (Å²) in [6.07, 6.45) is 8.05. The van der Waals surface area contributed by atoms with Gasteiger partial charge in [-0.2, -0.15) is 0 Å². The van der Waals surface area contributed by atoms with Crippen LogP contribution >= 0.6 is 0 Å². The lowest BCUT2D eigenvalue weighted by atomic mass is 9.94. The molecule has 0 spiro atoms. The smallest absolute Gasteiger partial charge is 0.254 e. The van der Waals surface area contributed by atoms with Gasteiger partial charge in [0.05, 0.1) is 0 Å². The van der Waals surface area contributed by atoms with E-state index in [1.807, 2.05) is 4.90 Å². The lowest BCUT2D eigenvalue weighted by Gasteiger charge is -2.29. The number of carbonyl (C=O) groups excluding carboxylic acids is 1. The highest BCUT2D eigenvalue weighted by molar-refractivity contribution is 5.94. The van der Waals surface area contributed by atoms with Gasteiger partial charge in [0.2, 0.25) is 0 Å². The lowest BCUT2D eigenvalue weighted by Crippen LogP contribution is -2.35. The molecule has 2 aliphatic heterocycles. The van der Waals surface area contributed by atoms with Crippen LogP contribution in [-0.2, 0) is 19.4 Å². The van der Waals surface area contributed by atoms with Gasteiger partial charge in [-0.3, -0.25) is 9.78 Å². The standard InChI is InChI=1S/C28H31N3O/c1-21-3-2-16-30(21)17-12-22-4-6-23(7-5-22)25-8-9-27-20-31(18-13-26(27)19-25)28(32)24-10-14-29-15-11-24/h4-11,14-15,19,21H,2-3,12-13,16-18,20H2,1H3/t21-/m1/s1. The number of carbonyl (C=O) groups is 1. The monoisotopic (exact) mass is 425 g/mol. The average molecular weight is 426 g/mol. The van der Waals surface area contributed by atoms with Gasteiger partial charge in [-0.05, 0) is 79.1 Å². The first-order chi connectivity index (χ1) is 15.7. The van der Waals surface area contributed by atoms with E-state index < -0.39 is 0 Å². The Morgan fingerprint density at radius 3 is 2.50 bits per heavy atom. The Morgan fingerprint density at radius 2 is 1.75 bits per heavy atom. The predicted molar refractivity (Wildman–Crippen MR) is 129 cm³/mol. The molecular formula is C28H31N3O. The van der Waals surface area contributed by atoms with Gasteiger partial charge in [0.15, 0.2) is 0 Å². The molecule has 0 radical (unpaired) electrons. The van der Waals surface area contributed by atoms with Crippen LogP contribution in [0.15, 0.2) is 67.0 Å². The molecule has 0 bridgehead atoms. The Hall–Kier alpha value is -2.98.